The maximum Gasteiger partial charge on any atom is 0.164 e. The van der Waals surface area contributed by atoms with E-state index in [4.69, 9.17) is 19.4 Å². The normalized spacial score (nSPS) is 11.3. The zero-order valence-corrected chi connectivity index (χ0v) is 27.8. The summed E-state index contributed by atoms with van der Waals surface area (Å²) in [4.78, 5) is 14.9. The minimum atomic E-state index is 0.603. The van der Waals surface area contributed by atoms with Crippen molar-refractivity contribution in [2.24, 2.45) is 0 Å². The Labute approximate surface area is 284 Å². The molecule has 2 aromatic heterocycles. The summed E-state index contributed by atoms with van der Waals surface area (Å²) in [5.41, 5.74) is 16.0. The lowest BCUT2D eigenvalue weighted by atomic mass is 9.59. The zero-order valence-electron chi connectivity index (χ0n) is 27.8. The van der Waals surface area contributed by atoms with Crippen molar-refractivity contribution in [3.63, 3.8) is 0 Å². The molecule has 0 amide bonds. The molecule has 0 fully saturated rings. The highest BCUT2D eigenvalue weighted by Crippen LogP contribution is 2.34. The topological polar surface area (TPSA) is 51.8 Å². The Morgan fingerprint density at radius 2 is 0.812 bits per heavy atom. The summed E-state index contributed by atoms with van der Waals surface area (Å²) in [6.07, 6.45) is 0. The van der Waals surface area contributed by atoms with Gasteiger partial charge in [-0.15, -0.1) is 16.4 Å². The van der Waals surface area contributed by atoms with Gasteiger partial charge in [0.25, 0.3) is 0 Å². The third-order valence-corrected chi connectivity index (χ3v) is 9.94. The molecule has 222 valence electrons. The lowest BCUT2D eigenvalue weighted by Gasteiger charge is -2.20. The van der Waals surface area contributed by atoms with Crippen molar-refractivity contribution < 1.29 is 4.42 Å². The van der Waals surface area contributed by atoms with Crippen LogP contribution in [0.2, 0.25) is 0 Å². The molecule has 0 radical (unpaired) electrons. The number of rotatable bonds is 5. The van der Waals surface area contributed by atoms with Crippen molar-refractivity contribution in [1.82, 2.24) is 15.0 Å². The molecular formula is C39H30B5N3O. The van der Waals surface area contributed by atoms with Crippen LogP contribution in [0.1, 0.15) is 0 Å². The highest BCUT2D eigenvalue weighted by atomic mass is 16.3. The molecular weight excluding hydrogens is 581 g/mol. The highest BCUT2D eigenvalue weighted by Gasteiger charge is 2.17. The summed E-state index contributed by atoms with van der Waals surface area (Å²) in [6, 6.07) is 41.7. The van der Waals surface area contributed by atoms with Crippen molar-refractivity contribution in [3.8, 4) is 56.4 Å². The van der Waals surface area contributed by atoms with Gasteiger partial charge < -0.3 is 4.42 Å². The van der Waals surface area contributed by atoms with Crippen molar-refractivity contribution >= 4 is 88.5 Å². The van der Waals surface area contributed by atoms with Gasteiger partial charge in [-0.1, -0.05) is 108 Å². The maximum atomic E-state index is 6.45. The monoisotopic (exact) mass is 611 g/mol. The summed E-state index contributed by atoms with van der Waals surface area (Å²) >= 11 is 0. The fourth-order valence-electron chi connectivity index (χ4n) is 6.80. The minimum Gasteiger partial charge on any atom is -0.456 e. The van der Waals surface area contributed by atoms with E-state index in [-0.39, 0.29) is 0 Å². The van der Waals surface area contributed by atoms with E-state index in [0.29, 0.717) is 17.5 Å². The Hall–Kier alpha value is -5.55. The number of benzene rings is 6. The zero-order chi connectivity index (χ0) is 32.9. The quantitative estimate of drug-likeness (QED) is 0.277. The summed E-state index contributed by atoms with van der Waals surface area (Å²) in [7, 11) is 11.1. The van der Waals surface area contributed by atoms with Gasteiger partial charge in [-0.2, -0.15) is 0 Å². The van der Waals surface area contributed by atoms with E-state index in [1.54, 1.807) is 0 Å². The Morgan fingerprint density at radius 1 is 0.354 bits per heavy atom. The molecule has 0 aliphatic rings. The van der Waals surface area contributed by atoms with E-state index in [0.717, 1.165) is 44.2 Å². The van der Waals surface area contributed by atoms with E-state index in [9.17, 15) is 0 Å². The molecule has 8 rings (SSSR count). The molecule has 0 spiro atoms. The number of nitrogens with zero attached hydrogens (tertiary/aromatic N) is 3. The molecule has 0 saturated carbocycles. The van der Waals surface area contributed by atoms with Gasteiger partial charge in [0.05, 0.1) is 0 Å². The van der Waals surface area contributed by atoms with Gasteiger partial charge in [0.2, 0.25) is 0 Å². The Bertz CT molecular complexity index is 2470. The van der Waals surface area contributed by atoms with Crippen LogP contribution in [-0.2, 0) is 0 Å². The number of aromatic nitrogens is 3. The van der Waals surface area contributed by atoms with Crippen LogP contribution >= 0.6 is 0 Å². The molecule has 0 bridgehead atoms. The second-order valence-electron chi connectivity index (χ2n) is 12.6. The Balaban J connectivity index is 1.23. The predicted octanol–water partition coefficient (Wildman–Crippen LogP) is 1.40. The van der Waals surface area contributed by atoms with Gasteiger partial charge in [-0.3, -0.25) is 0 Å². The van der Waals surface area contributed by atoms with Crippen LogP contribution in [0, 0.1) is 0 Å². The molecule has 6 aromatic carbocycles. The lowest BCUT2D eigenvalue weighted by Crippen LogP contribution is -2.55. The minimum absolute atomic E-state index is 0.603. The fraction of sp³-hybridized carbons (Fsp3) is 0. The van der Waals surface area contributed by atoms with E-state index in [2.05, 4.69) is 124 Å². The Morgan fingerprint density at radius 3 is 1.44 bits per heavy atom. The molecule has 4 nitrogen and oxygen atoms in total. The van der Waals surface area contributed by atoms with E-state index < -0.39 is 0 Å². The lowest BCUT2D eigenvalue weighted by molar-refractivity contribution is 0.669. The van der Waals surface area contributed by atoms with E-state index in [1.165, 1.54) is 44.0 Å². The van der Waals surface area contributed by atoms with Gasteiger partial charge in [0.1, 0.15) is 50.4 Å². The molecule has 48 heavy (non-hydrogen) atoms. The van der Waals surface area contributed by atoms with Gasteiger partial charge in [-0.25, -0.2) is 15.0 Å². The van der Waals surface area contributed by atoms with Crippen LogP contribution in [0.3, 0.4) is 0 Å². The molecule has 2 heterocycles. The second-order valence-corrected chi connectivity index (χ2v) is 12.6. The molecule has 0 unspecified atom stereocenters. The van der Waals surface area contributed by atoms with E-state index >= 15 is 0 Å². The summed E-state index contributed by atoms with van der Waals surface area (Å²) in [5, 5.41) is 2.17. The largest absolute Gasteiger partial charge is 0.456 e. The summed E-state index contributed by atoms with van der Waals surface area (Å²) in [5.74, 6) is 1.86. The average molecular weight is 611 g/mol. The molecule has 0 atom stereocenters. The standard InChI is InChI=1S/C39H30B5N3O/c40-32-31(33(41)35(43)36(44)34(32)42)25-16-18-29-28(19-25)27-17-15-26(20-30(27)48-29)39-46-37(23-9-5-2-6-10-23)45-38(47-39)24-13-11-22(12-14-24)21-7-3-1-4-8-21/h1-20H,40-44H2. The average Bonchev–Trinajstić information content (AvgIpc) is 3.51. The number of hydrogen-bond acceptors (Lipinski definition) is 4. The molecule has 0 N–H and O–H groups in total. The third-order valence-electron chi connectivity index (χ3n) is 9.94. The number of hydrogen-bond donors (Lipinski definition) is 0. The molecule has 0 saturated heterocycles. The van der Waals surface area contributed by atoms with Gasteiger partial charge in [0, 0.05) is 27.5 Å². The first-order valence-electron chi connectivity index (χ1n) is 16.4. The molecule has 0 aliphatic carbocycles. The summed E-state index contributed by atoms with van der Waals surface area (Å²) in [6.45, 7) is 0. The SMILES string of the molecule is Bc1c(B)c(B)c(-c2ccc3oc4cc(-c5nc(-c6ccccc6)nc(-c6ccc(-c7ccccc7)cc6)n5)ccc4c3c2)c(B)c1B. The molecule has 8 aromatic rings. The summed E-state index contributed by atoms with van der Waals surface area (Å²) < 4.78 is 6.45. The van der Waals surface area contributed by atoms with Crippen molar-refractivity contribution in [2.45, 2.75) is 0 Å². The Kier molecular flexibility index (Phi) is 7.41. The van der Waals surface area contributed by atoms with Gasteiger partial charge >= 0.3 is 0 Å². The van der Waals surface area contributed by atoms with Crippen molar-refractivity contribution in [2.75, 3.05) is 0 Å². The third kappa shape index (κ3) is 5.16. The van der Waals surface area contributed by atoms with Crippen LogP contribution in [0.4, 0.5) is 0 Å². The number of fused-ring (bicyclic) bond motifs is 3. The first-order chi connectivity index (χ1) is 23.4. The van der Waals surface area contributed by atoms with Crippen LogP contribution in [0.25, 0.3) is 78.4 Å². The predicted molar refractivity (Wildman–Crippen MR) is 215 cm³/mol. The smallest absolute Gasteiger partial charge is 0.164 e. The van der Waals surface area contributed by atoms with Crippen LogP contribution < -0.4 is 27.3 Å². The molecule has 0 aliphatic heterocycles. The fourth-order valence-corrected chi connectivity index (χ4v) is 6.80. The van der Waals surface area contributed by atoms with Crippen molar-refractivity contribution in [3.05, 3.63) is 121 Å². The first kappa shape index (κ1) is 29.8. The maximum absolute atomic E-state index is 6.45. The van der Waals surface area contributed by atoms with Gasteiger partial charge in [0.15, 0.2) is 17.5 Å². The highest BCUT2D eigenvalue weighted by molar-refractivity contribution is 6.68. The van der Waals surface area contributed by atoms with Crippen LogP contribution in [0.15, 0.2) is 126 Å². The van der Waals surface area contributed by atoms with Gasteiger partial charge in [-0.05, 0) is 46.5 Å². The van der Waals surface area contributed by atoms with Crippen LogP contribution in [0.5, 0.6) is 0 Å². The number of furan rings is 1. The second kappa shape index (κ2) is 11.9. The van der Waals surface area contributed by atoms with Crippen molar-refractivity contribution in [1.29, 1.82) is 0 Å². The van der Waals surface area contributed by atoms with Crippen LogP contribution in [-0.4, -0.2) is 54.2 Å². The van der Waals surface area contributed by atoms with E-state index in [1.807, 2.05) is 36.4 Å². The molecule has 9 heteroatoms. The first-order valence-corrected chi connectivity index (χ1v) is 16.4.